The van der Waals surface area contributed by atoms with Gasteiger partial charge in [0.05, 0.1) is 13.2 Å². The van der Waals surface area contributed by atoms with Crippen molar-refractivity contribution in [1.82, 2.24) is 0 Å². The number of rotatable bonds is 17. The van der Waals surface area contributed by atoms with Gasteiger partial charge in [-0.25, -0.2) is 0 Å². The molecule has 0 spiro atoms. The Morgan fingerprint density at radius 1 is 0.600 bits per heavy atom. The highest BCUT2D eigenvalue weighted by atomic mass is 79.9. The number of hydrogen-bond acceptors (Lipinski definition) is 4. The van der Waals surface area contributed by atoms with Gasteiger partial charge in [-0.3, -0.25) is 0 Å². The van der Waals surface area contributed by atoms with Crippen LogP contribution in [0.5, 0.6) is 11.5 Å². The minimum Gasteiger partial charge on any atom is -0.491 e. The summed E-state index contributed by atoms with van der Waals surface area (Å²) in [5.74, 6) is 1.92. The maximum Gasteiger partial charge on any atom is 0.144 e. The highest BCUT2D eigenvalue weighted by molar-refractivity contribution is 9.11. The average molecular weight is 580 g/mol. The Morgan fingerprint density at radius 2 is 0.967 bits per heavy atom. The van der Waals surface area contributed by atoms with Crippen LogP contribution in [0.25, 0.3) is 9.75 Å². The SMILES string of the molecule is CCCCCCCCOc1cc(-c2cc(OCCCCCCCC)c(Br)s2)sc1Br. The van der Waals surface area contributed by atoms with E-state index in [0.29, 0.717) is 0 Å². The van der Waals surface area contributed by atoms with Gasteiger partial charge in [0.15, 0.2) is 0 Å². The topological polar surface area (TPSA) is 18.5 Å². The van der Waals surface area contributed by atoms with Crippen LogP contribution in [0.1, 0.15) is 90.9 Å². The van der Waals surface area contributed by atoms with E-state index in [1.54, 1.807) is 22.7 Å². The Labute approximate surface area is 208 Å². The van der Waals surface area contributed by atoms with Crippen molar-refractivity contribution in [1.29, 1.82) is 0 Å². The van der Waals surface area contributed by atoms with E-state index in [1.165, 1.54) is 74.0 Å². The monoisotopic (exact) mass is 578 g/mol. The molecular weight excluding hydrogens is 544 g/mol. The van der Waals surface area contributed by atoms with Crippen molar-refractivity contribution in [3.8, 4) is 21.3 Å². The van der Waals surface area contributed by atoms with Crippen molar-refractivity contribution in [3.05, 3.63) is 19.7 Å². The molecule has 6 heteroatoms. The van der Waals surface area contributed by atoms with Crippen LogP contribution >= 0.6 is 54.5 Å². The number of unbranched alkanes of at least 4 members (excludes halogenated alkanes) is 10. The fourth-order valence-corrected chi connectivity index (χ4v) is 6.50. The molecule has 0 unspecified atom stereocenters. The Bertz CT molecular complexity index is 652. The standard InChI is InChI=1S/C24H36Br2O2S2/c1-3-5-7-9-11-13-15-27-19-17-21(29-23(19)25)22-18-20(24(26)30-22)28-16-14-12-10-8-6-4-2/h17-18H,3-16H2,1-2H3. The van der Waals surface area contributed by atoms with Crippen LogP contribution < -0.4 is 9.47 Å². The van der Waals surface area contributed by atoms with E-state index >= 15 is 0 Å². The molecule has 0 radical (unpaired) electrons. The van der Waals surface area contributed by atoms with E-state index in [1.807, 2.05) is 0 Å². The van der Waals surface area contributed by atoms with Crippen molar-refractivity contribution in [2.45, 2.75) is 90.9 Å². The van der Waals surface area contributed by atoms with E-state index < -0.39 is 0 Å². The quantitative estimate of drug-likeness (QED) is 0.173. The third-order valence-electron chi connectivity index (χ3n) is 5.06. The second-order valence-corrected chi connectivity index (χ2v) is 12.5. The lowest BCUT2D eigenvalue weighted by molar-refractivity contribution is 0.304. The summed E-state index contributed by atoms with van der Waals surface area (Å²) < 4.78 is 14.2. The molecule has 170 valence electrons. The first-order valence-corrected chi connectivity index (χ1v) is 14.7. The van der Waals surface area contributed by atoms with Gasteiger partial charge in [0.2, 0.25) is 0 Å². The molecule has 2 nitrogen and oxygen atoms in total. The van der Waals surface area contributed by atoms with Crippen LogP contribution in [-0.4, -0.2) is 13.2 Å². The van der Waals surface area contributed by atoms with E-state index in [0.717, 1.165) is 45.1 Å². The van der Waals surface area contributed by atoms with Gasteiger partial charge in [-0.05, 0) is 44.7 Å². The van der Waals surface area contributed by atoms with E-state index in [2.05, 4.69) is 57.8 Å². The highest BCUT2D eigenvalue weighted by Gasteiger charge is 2.15. The molecule has 0 aliphatic carbocycles. The molecule has 2 aromatic rings. The van der Waals surface area contributed by atoms with Gasteiger partial charge >= 0.3 is 0 Å². The maximum atomic E-state index is 6.03. The van der Waals surface area contributed by atoms with Crippen molar-refractivity contribution in [2.75, 3.05) is 13.2 Å². The molecule has 0 atom stereocenters. The molecule has 0 N–H and O–H groups in total. The predicted molar refractivity (Wildman–Crippen MR) is 141 cm³/mol. The van der Waals surface area contributed by atoms with Gasteiger partial charge < -0.3 is 9.47 Å². The molecule has 2 rings (SSSR count). The van der Waals surface area contributed by atoms with Crippen LogP contribution in [0.15, 0.2) is 19.7 Å². The molecule has 0 saturated carbocycles. The summed E-state index contributed by atoms with van der Waals surface area (Å²) in [5, 5.41) is 0. The Morgan fingerprint density at radius 3 is 1.37 bits per heavy atom. The largest absolute Gasteiger partial charge is 0.491 e. The molecule has 0 saturated heterocycles. The minimum absolute atomic E-state index is 0.793. The summed E-state index contributed by atoms with van der Waals surface area (Å²) in [6, 6.07) is 4.31. The number of ether oxygens (including phenoxy) is 2. The Hall–Kier alpha value is -0.0400. The molecule has 0 aliphatic rings. The molecule has 0 bridgehead atoms. The van der Waals surface area contributed by atoms with Crippen molar-refractivity contribution in [2.24, 2.45) is 0 Å². The molecule has 2 heterocycles. The van der Waals surface area contributed by atoms with Crippen LogP contribution in [0, 0.1) is 0 Å². The second-order valence-electron chi connectivity index (χ2n) is 7.73. The maximum absolute atomic E-state index is 6.03. The molecule has 0 amide bonds. The van der Waals surface area contributed by atoms with Gasteiger partial charge in [0.1, 0.15) is 19.1 Å². The Kier molecular flexibility index (Phi) is 13.7. The Balaban J connectivity index is 1.76. The third kappa shape index (κ3) is 9.62. The first kappa shape index (κ1) is 26.2. The third-order valence-corrected chi connectivity index (χ3v) is 8.82. The zero-order chi connectivity index (χ0) is 21.6. The van der Waals surface area contributed by atoms with Crippen LogP contribution in [0.3, 0.4) is 0 Å². The lowest BCUT2D eigenvalue weighted by Crippen LogP contribution is -1.96. The molecule has 0 aliphatic heterocycles. The average Bonchev–Trinajstić information content (AvgIpc) is 3.29. The van der Waals surface area contributed by atoms with Gasteiger partial charge in [0.25, 0.3) is 0 Å². The van der Waals surface area contributed by atoms with Gasteiger partial charge in [-0.1, -0.05) is 78.1 Å². The van der Waals surface area contributed by atoms with Crippen molar-refractivity contribution < 1.29 is 9.47 Å². The zero-order valence-electron chi connectivity index (χ0n) is 18.4. The summed E-state index contributed by atoms with van der Waals surface area (Å²) >= 11 is 10.8. The fraction of sp³-hybridized carbons (Fsp3) is 0.667. The first-order valence-electron chi connectivity index (χ1n) is 11.5. The number of halogens is 2. The first-order chi connectivity index (χ1) is 14.7. The summed E-state index contributed by atoms with van der Waals surface area (Å²) in [4.78, 5) is 2.44. The number of hydrogen-bond donors (Lipinski definition) is 0. The number of thiophene rings is 2. The molecule has 2 aromatic heterocycles. The lowest BCUT2D eigenvalue weighted by atomic mass is 10.1. The van der Waals surface area contributed by atoms with Gasteiger partial charge in [0, 0.05) is 21.9 Å². The summed E-state index contributed by atoms with van der Waals surface area (Å²) in [6.07, 6.45) is 15.4. The van der Waals surface area contributed by atoms with E-state index in [4.69, 9.17) is 9.47 Å². The zero-order valence-corrected chi connectivity index (χ0v) is 23.2. The van der Waals surface area contributed by atoms with Gasteiger partial charge in [-0.15, -0.1) is 22.7 Å². The normalized spacial score (nSPS) is 11.2. The molecule has 30 heavy (non-hydrogen) atoms. The molecule has 0 aromatic carbocycles. The predicted octanol–water partition coefficient (Wildman–Crippen LogP) is 10.5. The van der Waals surface area contributed by atoms with Crippen LogP contribution in [-0.2, 0) is 0 Å². The summed E-state index contributed by atoms with van der Waals surface area (Å²) in [7, 11) is 0. The van der Waals surface area contributed by atoms with E-state index in [9.17, 15) is 0 Å². The van der Waals surface area contributed by atoms with Crippen LogP contribution in [0.2, 0.25) is 0 Å². The smallest absolute Gasteiger partial charge is 0.144 e. The van der Waals surface area contributed by atoms with E-state index in [-0.39, 0.29) is 0 Å². The van der Waals surface area contributed by atoms with Crippen molar-refractivity contribution in [3.63, 3.8) is 0 Å². The lowest BCUT2D eigenvalue weighted by Gasteiger charge is -2.04. The summed E-state index contributed by atoms with van der Waals surface area (Å²) in [5.41, 5.74) is 0. The van der Waals surface area contributed by atoms with Gasteiger partial charge in [-0.2, -0.15) is 0 Å². The van der Waals surface area contributed by atoms with Crippen LogP contribution in [0.4, 0.5) is 0 Å². The fourth-order valence-electron chi connectivity index (χ4n) is 3.27. The molecular formula is C24H36Br2O2S2. The summed E-state index contributed by atoms with van der Waals surface area (Å²) in [6.45, 7) is 6.10. The molecule has 0 fully saturated rings. The van der Waals surface area contributed by atoms with Crippen molar-refractivity contribution >= 4 is 54.5 Å². The second kappa shape index (κ2) is 15.7. The highest BCUT2D eigenvalue weighted by Crippen LogP contribution is 2.46. The minimum atomic E-state index is 0.793.